The average molecular weight is 228 g/mol. The van der Waals surface area contributed by atoms with E-state index in [1.54, 1.807) is 24.3 Å². The number of hydrogen-bond acceptors (Lipinski definition) is 4. The molecule has 0 amide bonds. The van der Waals surface area contributed by atoms with Gasteiger partial charge in [0.05, 0.1) is 18.0 Å². The van der Waals surface area contributed by atoms with Crippen molar-refractivity contribution in [3.63, 3.8) is 0 Å². The minimum absolute atomic E-state index is 0.285. The maximum atomic E-state index is 12.0. The van der Waals surface area contributed by atoms with Gasteiger partial charge in [-0.1, -0.05) is 12.1 Å². The molecule has 0 radical (unpaired) electrons. The first-order valence-electron chi connectivity index (χ1n) is 4.34. The summed E-state index contributed by atoms with van der Waals surface area (Å²) in [5.74, 6) is -0.510. The van der Waals surface area contributed by atoms with Crippen molar-refractivity contribution in [3.8, 4) is 0 Å². The topological polar surface area (TPSA) is 52.6 Å². The zero-order valence-corrected chi connectivity index (χ0v) is 9.78. The van der Waals surface area contributed by atoms with Crippen molar-refractivity contribution >= 4 is 18.6 Å². The van der Waals surface area contributed by atoms with Crippen molar-refractivity contribution in [2.45, 2.75) is 0 Å². The fourth-order valence-corrected chi connectivity index (χ4v) is 2.37. The summed E-state index contributed by atoms with van der Waals surface area (Å²) in [6.07, 6.45) is 0. The van der Waals surface area contributed by atoms with E-state index >= 15 is 0 Å². The number of benzene rings is 1. The van der Waals surface area contributed by atoms with Gasteiger partial charge in [-0.3, -0.25) is 4.57 Å². The Hall–Kier alpha value is -1.12. The molecule has 1 unspecified atom stereocenters. The van der Waals surface area contributed by atoms with E-state index in [2.05, 4.69) is 4.74 Å². The van der Waals surface area contributed by atoms with E-state index in [9.17, 15) is 9.36 Å². The molecule has 0 fully saturated rings. The number of methoxy groups -OCH3 is 1. The van der Waals surface area contributed by atoms with Crippen LogP contribution in [0.5, 0.6) is 0 Å². The Balaban J connectivity index is 3.30. The highest BCUT2D eigenvalue weighted by Crippen LogP contribution is 2.41. The van der Waals surface area contributed by atoms with Crippen LogP contribution in [-0.2, 0) is 13.8 Å². The minimum atomic E-state index is -2.93. The third-order valence-electron chi connectivity index (χ3n) is 2.10. The third kappa shape index (κ3) is 2.46. The lowest BCUT2D eigenvalue weighted by Crippen LogP contribution is -2.17. The van der Waals surface area contributed by atoms with E-state index in [1.165, 1.54) is 20.9 Å². The van der Waals surface area contributed by atoms with E-state index in [0.717, 1.165) is 0 Å². The third-order valence-corrected chi connectivity index (χ3v) is 4.06. The monoisotopic (exact) mass is 228 g/mol. The summed E-state index contributed by atoms with van der Waals surface area (Å²) in [5.41, 5.74) is 0.285. The van der Waals surface area contributed by atoms with Crippen molar-refractivity contribution in [1.29, 1.82) is 0 Å². The molecule has 0 spiro atoms. The van der Waals surface area contributed by atoms with Gasteiger partial charge in [0.25, 0.3) is 0 Å². The fourth-order valence-electron chi connectivity index (χ4n) is 1.21. The molecule has 1 aromatic carbocycles. The molecule has 0 saturated heterocycles. The molecule has 5 heteroatoms. The van der Waals surface area contributed by atoms with Gasteiger partial charge in [-0.15, -0.1) is 0 Å². The SMILES string of the molecule is COC(=O)c1ccccc1P(C)(=O)OC. The van der Waals surface area contributed by atoms with Crippen LogP contribution in [0.2, 0.25) is 0 Å². The first kappa shape index (κ1) is 12.0. The molecular weight excluding hydrogens is 215 g/mol. The van der Waals surface area contributed by atoms with E-state index in [4.69, 9.17) is 4.52 Å². The van der Waals surface area contributed by atoms with Gasteiger partial charge in [-0.25, -0.2) is 4.79 Å². The first-order valence-corrected chi connectivity index (χ1v) is 6.41. The highest BCUT2D eigenvalue weighted by atomic mass is 31.2. The summed E-state index contributed by atoms with van der Waals surface area (Å²) in [6.45, 7) is 1.47. The predicted octanol–water partition coefficient (Wildman–Crippen LogP) is 1.65. The largest absolute Gasteiger partial charge is 0.465 e. The second-order valence-electron chi connectivity index (χ2n) is 3.04. The van der Waals surface area contributed by atoms with Gasteiger partial charge >= 0.3 is 5.97 Å². The van der Waals surface area contributed by atoms with Crippen LogP contribution < -0.4 is 5.30 Å². The Labute approximate surface area is 88.7 Å². The van der Waals surface area contributed by atoms with E-state index in [-0.39, 0.29) is 5.56 Å². The van der Waals surface area contributed by atoms with E-state index < -0.39 is 13.3 Å². The van der Waals surface area contributed by atoms with Gasteiger partial charge in [-0.05, 0) is 12.1 Å². The van der Waals surface area contributed by atoms with Crippen LogP contribution in [0.3, 0.4) is 0 Å². The number of esters is 1. The van der Waals surface area contributed by atoms with Crippen LogP contribution in [-0.4, -0.2) is 26.9 Å². The van der Waals surface area contributed by atoms with Crippen LogP contribution in [0.15, 0.2) is 24.3 Å². The number of hydrogen-bond donors (Lipinski definition) is 0. The van der Waals surface area contributed by atoms with Gasteiger partial charge < -0.3 is 9.26 Å². The summed E-state index contributed by atoms with van der Waals surface area (Å²) in [4.78, 5) is 11.4. The molecule has 0 saturated carbocycles. The molecule has 0 heterocycles. The molecule has 0 aliphatic heterocycles. The summed E-state index contributed by atoms with van der Waals surface area (Å²) < 4.78 is 21.5. The summed E-state index contributed by atoms with van der Waals surface area (Å²) >= 11 is 0. The number of carbonyl (C=O) groups is 1. The first-order chi connectivity index (χ1) is 7.03. The molecular formula is C10H13O4P. The van der Waals surface area contributed by atoms with Crippen molar-refractivity contribution in [2.24, 2.45) is 0 Å². The molecule has 0 aliphatic carbocycles. The molecule has 1 atom stereocenters. The average Bonchev–Trinajstić information content (AvgIpc) is 2.28. The Kier molecular flexibility index (Phi) is 3.66. The molecule has 0 bridgehead atoms. The number of ether oxygens (including phenoxy) is 1. The molecule has 15 heavy (non-hydrogen) atoms. The zero-order valence-electron chi connectivity index (χ0n) is 8.89. The van der Waals surface area contributed by atoms with Crippen LogP contribution in [0.4, 0.5) is 0 Å². The minimum Gasteiger partial charge on any atom is -0.465 e. The smallest absolute Gasteiger partial charge is 0.338 e. The summed E-state index contributed by atoms with van der Waals surface area (Å²) in [5, 5.41) is 0.388. The Bertz CT molecular complexity index is 414. The van der Waals surface area contributed by atoms with Crippen molar-refractivity contribution in [1.82, 2.24) is 0 Å². The van der Waals surface area contributed by atoms with E-state index in [0.29, 0.717) is 5.30 Å². The lowest BCUT2D eigenvalue weighted by Gasteiger charge is -2.13. The normalized spacial score (nSPS) is 14.3. The maximum Gasteiger partial charge on any atom is 0.338 e. The molecule has 0 N–H and O–H groups in total. The van der Waals surface area contributed by atoms with Crippen molar-refractivity contribution < 1.29 is 18.6 Å². The number of carbonyl (C=O) groups excluding carboxylic acids is 1. The predicted molar refractivity (Wildman–Crippen MR) is 58.0 cm³/mol. The van der Waals surface area contributed by atoms with Gasteiger partial charge in [0, 0.05) is 13.8 Å². The van der Waals surface area contributed by atoms with Crippen LogP contribution in [0.1, 0.15) is 10.4 Å². The lowest BCUT2D eigenvalue weighted by atomic mass is 10.2. The van der Waals surface area contributed by atoms with Gasteiger partial charge in [0.2, 0.25) is 7.37 Å². The standard InChI is InChI=1S/C10H13O4P/c1-13-10(11)8-6-4-5-7-9(8)15(3,12)14-2/h4-7H,1-3H3. The van der Waals surface area contributed by atoms with Crippen LogP contribution in [0.25, 0.3) is 0 Å². The summed E-state index contributed by atoms with van der Waals surface area (Å²) in [7, 11) is -0.291. The quantitative estimate of drug-likeness (QED) is 0.583. The fraction of sp³-hybridized carbons (Fsp3) is 0.300. The Morgan fingerprint density at radius 2 is 1.87 bits per heavy atom. The summed E-state index contributed by atoms with van der Waals surface area (Å²) in [6, 6.07) is 6.56. The Morgan fingerprint density at radius 3 is 2.40 bits per heavy atom. The van der Waals surface area contributed by atoms with Gasteiger partial charge in [0.1, 0.15) is 0 Å². The van der Waals surface area contributed by atoms with Gasteiger partial charge in [0.15, 0.2) is 0 Å². The van der Waals surface area contributed by atoms with Crippen LogP contribution >= 0.6 is 7.37 Å². The van der Waals surface area contributed by atoms with Crippen LogP contribution in [0, 0.1) is 0 Å². The second-order valence-corrected chi connectivity index (χ2v) is 5.58. The van der Waals surface area contributed by atoms with Crippen molar-refractivity contribution in [3.05, 3.63) is 29.8 Å². The van der Waals surface area contributed by atoms with Crippen molar-refractivity contribution in [2.75, 3.05) is 20.9 Å². The highest BCUT2D eigenvalue weighted by molar-refractivity contribution is 7.66. The maximum absolute atomic E-state index is 12.0. The highest BCUT2D eigenvalue weighted by Gasteiger charge is 2.24. The molecule has 1 rings (SSSR count). The second kappa shape index (κ2) is 4.60. The molecule has 0 aliphatic rings. The Morgan fingerprint density at radius 1 is 1.27 bits per heavy atom. The molecule has 1 aromatic rings. The number of rotatable bonds is 3. The zero-order chi connectivity index (χ0) is 11.5. The molecule has 82 valence electrons. The van der Waals surface area contributed by atoms with E-state index in [1.807, 2.05) is 0 Å². The molecule has 4 nitrogen and oxygen atoms in total. The van der Waals surface area contributed by atoms with Gasteiger partial charge in [-0.2, -0.15) is 0 Å². The molecule has 0 aromatic heterocycles. The lowest BCUT2D eigenvalue weighted by molar-refractivity contribution is 0.0602.